The molecule has 0 bridgehead atoms. The topological polar surface area (TPSA) is 98.8 Å². The van der Waals surface area contributed by atoms with Crippen molar-refractivity contribution in [2.24, 2.45) is 35.3 Å². The number of fused-ring (bicyclic) bond motifs is 1. The van der Waals surface area contributed by atoms with Crippen LogP contribution in [0, 0.1) is 29.6 Å². The Hall–Kier alpha value is -0.625. The number of carbonyl (C=O) groups is 1. The molecule has 4 rings (SSSR count). The molecule has 2 saturated heterocycles. The monoisotopic (exact) mass is 405 g/mol. The molecule has 1 amide bonds. The first-order valence-corrected chi connectivity index (χ1v) is 12.1. The number of nitrogens with two attached hydrogens (primary N) is 1. The van der Waals surface area contributed by atoms with Crippen LogP contribution in [0.3, 0.4) is 0 Å². The van der Waals surface area contributed by atoms with E-state index in [9.17, 15) is 14.8 Å². The molecular formula is C22H40BN3O3. The Kier molecular flexibility index (Phi) is 7.20. The van der Waals surface area contributed by atoms with Crippen molar-refractivity contribution in [2.45, 2.75) is 76.1 Å². The van der Waals surface area contributed by atoms with Crippen LogP contribution in [0.15, 0.2) is 0 Å². The Bertz CT molecular complexity index is 555. The van der Waals surface area contributed by atoms with Crippen molar-refractivity contribution in [1.29, 1.82) is 0 Å². The zero-order valence-electron chi connectivity index (χ0n) is 17.8. The van der Waals surface area contributed by atoms with Crippen LogP contribution >= 0.6 is 0 Å². The van der Waals surface area contributed by atoms with Crippen molar-refractivity contribution in [3.63, 3.8) is 0 Å². The predicted octanol–water partition coefficient (Wildman–Crippen LogP) is 1.61. The number of rotatable bonds is 4. The van der Waals surface area contributed by atoms with E-state index in [1.54, 1.807) is 0 Å². The van der Waals surface area contributed by atoms with Crippen LogP contribution in [0.5, 0.6) is 0 Å². The first-order chi connectivity index (χ1) is 14.1. The van der Waals surface area contributed by atoms with E-state index in [2.05, 4.69) is 10.2 Å². The maximum absolute atomic E-state index is 13.4. The molecule has 2 saturated carbocycles. The van der Waals surface area contributed by atoms with Gasteiger partial charge in [-0.2, -0.15) is 0 Å². The summed E-state index contributed by atoms with van der Waals surface area (Å²) in [5.41, 5.74) is 5.93. The van der Waals surface area contributed by atoms with Gasteiger partial charge in [0.1, 0.15) is 0 Å². The lowest BCUT2D eigenvalue weighted by atomic mass is 9.60. The smallest absolute Gasteiger partial charge is 0.427 e. The molecule has 2 heterocycles. The molecule has 0 aromatic heterocycles. The fraction of sp³-hybridized carbons (Fsp3) is 0.955. The minimum absolute atomic E-state index is 0.0515. The maximum atomic E-state index is 13.4. The molecule has 0 radical (unpaired) electrons. The SMILES string of the molecule is NCC1CCCC(C2CCN(C(=O)C3CCCC4NCC(B(O)O)CC43)CC2)C1. The minimum atomic E-state index is -1.29. The van der Waals surface area contributed by atoms with Gasteiger partial charge in [-0.25, -0.2) is 0 Å². The number of likely N-dealkylation sites (tertiary alicyclic amines) is 1. The standard InChI is InChI=1S/C22H40BN3O3/c24-13-15-3-1-4-17(11-15)16-7-9-26(10-8-16)22(27)19-5-2-6-21-20(19)12-18(14-25-21)23(28)29/h15-21,25,28-29H,1-14,24H2. The van der Waals surface area contributed by atoms with E-state index in [0.717, 1.165) is 70.0 Å². The van der Waals surface area contributed by atoms with Crippen molar-refractivity contribution in [2.75, 3.05) is 26.2 Å². The Morgan fingerprint density at radius 1 is 1.00 bits per heavy atom. The summed E-state index contributed by atoms with van der Waals surface area (Å²) in [5, 5.41) is 22.8. The van der Waals surface area contributed by atoms with Crippen LogP contribution in [0.4, 0.5) is 0 Å². The van der Waals surface area contributed by atoms with Crippen LogP contribution in [-0.4, -0.2) is 60.2 Å². The van der Waals surface area contributed by atoms with Crippen molar-refractivity contribution < 1.29 is 14.8 Å². The number of hydrogen-bond acceptors (Lipinski definition) is 5. The molecule has 7 heteroatoms. The number of hydrogen-bond donors (Lipinski definition) is 4. The van der Waals surface area contributed by atoms with E-state index < -0.39 is 7.12 Å². The van der Waals surface area contributed by atoms with Crippen molar-refractivity contribution in [3.8, 4) is 0 Å². The van der Waals surface area contributed by atoms with E-state index in [1.165, 1.54) is 25.7 Å². The lowest BCUT2D eigenvalue weighted by molar-refractivity contribution is -0.141. The quantitative estimate of drug-likeness (QED) is 0.533. The van der Waals surface area contributed by atoms with E-state index >= 15 is 0 Å². The number of nitrogens with zero attached hydrogens (tertiary/aromatic N) is 1. The Balaban J connectivity index is 1.33. The van der Waals surface area contributed by atoms with Crippen LogP contribution in [0.1, 0.15) is 64.2 Å². The Morgan fingerprint density at radius 2 is 1.76 bits per heavy atom. The lowest BCUT2D eigenvalue weighted by Crippen LogP contribution is -2.55. The van der Waals surface area contributed by atoms with Crippen LogP contribution in [-0.2, 0) is 4.79 Å². The van der Waals surface area contributed by atoms with Gasteiger partial charge in [0, 0.05) is 30.9 Å². The molecule has 0 aromatic rings. The average Bonchev–Trinajstić information content (AvgIpc) is 2.78. The van der Waals surface area contributed by atoms with Crippen LogP contribution in [0.2, 0.25) is 5.82 Å². The summed E-state index contributed by atoms with van der Waals surface area (Å²) in [7, 11) is -1.29. The van der Waals surface area contributed by atoms with Crippen molar-refractivity contribution in [1.82, 2.24) is 10.2 Å². The molecule has 0 spiro atoms. The summed E-state index contributed by atoms with van der Waals surface area (Å²) < 4.78 is 0. The second-order valence-corrected chi connectivity index (χ2v) is 10.3. The van der Waals surface area contributed by atoms with Crippen LogP contribution in [0.25, 0.3) is 0 Å². The lowest BCUT2D eigenvalue weighted by Gasteiger charge is -2.46. The molecule has 164 valence electrons. The van der Waals surface area contributed by atoms with Gasteiger partial charge in [-0.15, -0.1) is 0 Å². The first kappa shape index (κ1) is 21.6. The highest BCUT2D eigenvalue weighted by atomic mass is 16.4. The maximum Gasteiger partial charge on any atom is 0.456 e. The zero-order valence-corrected chi connectivity index (χ0v) is 17.8. The molecule has 4 fully saturated rings. The van der Waals surface area contributed by atoms with Gasteiger partial charge < -0.3 is 26.0 Å². The first-order valence-electron chi connectivity index (χ1n) is 12.1. The zero-order chi connectivity index (χ0) is 20.4. The summed E-state index contributed by atoms with van der Waals surface area (Å²) in [6.45, 7) is 3.28. The van der Waals surface area contributed by atoms with Gasteiger partial charge in [0.2, 0.25) is 5.91 Å². The third-order valence-electron chi connectivity index (χ3n) is 8.69. The number of carbonyl (C=O) groups excluding carboxylic acids is 1. The van der Waals surface area contributed by atoms with Gasteiger partial charge in [-0.05, 0) is 81.7 Å². The Morgan fingerprint density at radius 3 is 2.48 bits per heavy atom. The fourth-order valence-electron chi connectivity index (χ4n) is 6.92. The molecule has 4 aliphatic rings. The minimum Gasteiger partial charge on any atom is -0.427 e. The van der Waals surface area contributed by atoms with Gasteiger partial charge in [-0.1, -0.05) is 19.3 Å². The van der Waals surface area contributed by atoms with Gasteiger partial charge in [0.15, 0.2) is 0 Å². The highest BCUT2D eigenvalue weighted by molar-refractivity contribution is 6.43. The molecule has 6 unspecified atom stereocenters. The van der Waals surface area contributed by atoms with Gasteiger partial charge in [0.25, 0.3) is 0 Å². The summed E-state index contributed by atoms with van der Waals surface area (Å²) in [5.74, 6) is 2.75. The highest BCUT2D eigenvalue weighted by Gasteiger charge is 2.45. The number of amides is 1. The Labute approximate surface area is 176 Å². The molecule has 29 heavy (non-hydrogen) atoms. The molecule has 5 N–H and O–H groups in total. The second-order valence-electron chi connectivity index (χ2n) is 10.3. The van der Waals surface area contributed by atoms with Gasteiger partial charge in [0.05, 0.1) is 0 Å². The van der Waals surface area contributed by atoms with E-state index in [1.807, 2.05) is 0 Å². The average molecular weight is 405 g/mol. The molecule has 6 nitrogen and oxygen atoms in total. The summed E-state index contributed by atoms with van der Waals surface area (Å²) in [4.78, 5) is 15.6. The number of piperidine rings is 2. The third kappa shape index (κ3) is 4.84. The van der Waals surface area contributed by atoms with E-state index in [4.69, 9.17) is 5.73 Å². The molecule has 2 aliphatic carbocycles. The fourth-order valence-corrected chi connectivity index (χ4v) is 6.92. The molecule has 0 aromatic carbocycles. The largest absolute Gasteiger partial charge is 0.456 e. The van der Waals surface area contributed by atoms with Gasteiger partial charge >= 0.3 is 7.12 Å². The van der Waals surface area contributed by atoms with E-state index in [0.29, 0.717) is 24.4 Å². The third-order valence-corrected chi connectivity index (χ3v) is 8.69. The van der Waals surface area contributed by atoms with Crippen molar-refractivity contribution in [3.05, 3.63) is 0 Å². The van der Waals surface area contributed by atoms with Gasteiger partial charge in [-0.3, -0.25) is 4.79 Å². The predicted molar refractivity (Wildman–Crippen MR) is 115 cm³/mol. The molecular weight excluding hydrogens is 365 g/mol. The van der Waals surface area contributed by atoms with Crippen LogP contribution < -0.4 is 11.1 Å². The number of nitrogens with one attached hydrogen (secondary N) is 1. The van der Waals surface area contributed by atoms with Crippen molar-refractivity contribution >= 4 is 13.0 Å². The highest BCUT2D eigenvalue weighted by Crippen LogP contribution is 2.42. The molecule has 2 aliphatic heterocycles. The second kappa shape index (κ2) is 9.67. The summed E-state index contributed by atoms with van der Waals surface area (Å²) in [6, 6.07) is 0.362. The normalized spacial score (nSPS) is 39.1. The summed E-state index contributed by atoms with van der Waals surface area (Å²) in [6.07, 6.45) is 11.4. The molecule has 6 atom stereocenters. The summed E-state index contributed by atoms with van der Waals surface area (Å²) >= 11 is 0. The van der Waals surface area contributed by atoms with E-state index in [-0.39, 0.29) is 17.7 Å².